The van der Waals surface area contributed by atoms with Gasteiger partial charge in [0.15, 0.2) is 0 Å². The Morgan fingerprint density at radius 2 is 0.791 bits per heavy atom. The third-order valence-corrected chi connectivity index (χ3v) is 8.87. The first-order valence-electron chi connectivity index (χ1n) is 14.8. The summed E-state index contributed by atoms with van der Waals surface area (Å²) in [6.07, 6.45) is 0. The summed E-state index contributed by atoms with van der Waals surface area (Å²) in [5, 5.41) is 9.83. The van der Waals surface area contributed by atoms with E-state index in [1.165, 1.54) is 65.7 Å². The zero-order chi connectivity index (χ0) is 28.3. The average molecular weight is 547 g/mol. The van der Waals surface area contributed by atoms with Crippen molar-refractivity contribution in [1.29, 1.82) is 0 Å². The van der Waals surface area contributed by atoms with Crippen LogP contribution >= 0.6 is 0 Å². The van der Waals surface area contributed by atoms with Gasteiger partial charge in [-0.3, -0.25) is 0 Å². The van der Waals surface area contributed by atoms with Gasteiger partial charge in [0.05, 0.1) is 0 Å². The van der Waals surface area contributed by atoms with Crippen molar-refractivity contribution >= 4 is 54.3 Å². The lowest BCUT2D eigenvalue weighted by molar-refractivity contribution is 0.669. The number of benzene rings is 8. The predicted molar refractivity (Wildman–Crippen MR) is 183 cm³/mol. The van der Waals surface area contributed by atoms with Gasteiger partial charge >= 0.3 is 0 Å². The Kier molecular flexibility index (Phi) is 5.27. The first-order valence-corrected chi connectivity index (χ1v) is 14.8. The number of para-hydroxylation sites is 1. The molecule has 8 aromatic carbocycles. The fraction of sp³-hybridized carbons (Fsp3) is 0. The molecule has 0 bridgehead atoms. The molecule has 1 nitrogen and oxygen atoms in total. The molecule has 1 aromatic heterocycles. The molecule has 0 radical (unpaired) electrons. The van der Waals surface area contributed by atoms with Crippen LogP contribution in [-0.4, -0.2) is 0 Å². The van der Waals surface area contributed by atoms with E-state index in [2.05, 4.69) is 146 Å². The molecule has 43 heavy (non-hydrogen) atoms. The van der Waals surface area contributed by atoms with Crippen molar-refractivity contribution in [3.05, 3.63) is 158 Å². The largest absolute Gasteiger partial charge is 0.456 e. The Labute approximate surface area is 249 Å². The van der Waals surface area contributed by atoms with Crippen molar-refractivity contribution in [2.45, 2.75) is 0 Å². The first kappa shape index (κ1) is 24.0. The minimum absolute atomic E-state index is 0.917. The molecular weight excluding hydrogens is 520 g/mol. The molecule has 0 unspecified atom stereocenters. The van der Waals surface area contributed by atoms with Gasteiger partial charge in [-0.15, -0.1) is 0 Å². The van der Waals surface area contributed by atoms with Crippen LogP contribution in [0.25, 0.3) is 87.6 Å². The second kappa shape index (κ2) is 9.44. The van der Waals surface area contributed by atoms with E-state index in [1.807, 2.05) is 12.1 Å². The fourth-order valence-corrected chi connectivity index (χ4v) is 7.01. The third kappa shape index (κ3) is 3.65. The van der Waals surface area contributed by atoms with Gasteiger partial charge in [0, 0.05) is 10.8 Å². The normalized spacial score (nSPS) is 11.7. The smallest absolute Gasteiger partial charge is 0.135 e. The maximum atomic E-state index is 6.18. The van der Waals surface area contributed by atoms with E-state index in [1.54, 1.807) is 0 Å². The van der Waals surface area contributed by atoms with Crippen molar-refractivity contribution in [2.75, 3.05) is 0 Å². The van der Waals surface area contributed by atoms with Gasteiger partial charge < -0.3 is 4.42 Å². The minimum Gasteiger partial charge on any atom is -0.456 e. The summed E-state index contributed by atoms with van der Waals surface area (Å²) in [5.41, 5.74) is 9.31. The van der Waals surface area contributed by atoms with Gasteiger partial charge in [-0.1, -0.05) is 140 Å². The van der Waals surface area contributed by atoms with Crippen LogP contribution in [-0.2, 0) is 0 Å². The summed E-state index contributed by atoms with van der Waals surface area (Å²) in [7, 11) is 0. The van der Waals surface area contributed by atoms with E-state index in [0.29, 0.717) is 0 Å². The van der Waals surface area contributed by atoms with E-state index >= 15 is 0 Å². The van der Waals surface area contributed by atoms with Gasteiger partial charge in [-0.05, 0) is 83.9 Å². The van der Waals surface area contributed by atoms with Crippen LogP contribution < -0.4 is 0 Å². The van der Waals surface area contributed by atoms with E-state index in [4.69, 9.17) is 4.42 Å². The number of hydrogen-bond acceptors (Lipinski definition) is 1. The first-order chi connectivity index (χ1) is 21.3. The standard InChI is InChI=1S/C42H26O/c1-2-12-27(13-3-1)29-19-10-21-31-30(29)20-11-22-33(31)42-36-17-6-4-15-34(36)41(35-16-5-7-18-37(35)42)28-24-25-40-38(26-28)32-14-8-9-23-39(32)43-40/h1-26H. The highest BCUT2D eigenvalue weighted by Gasteiger charge is 2.19. The van der Waals surface area contributed by atoms with Crippen LogP contribution in [0.1, 0.15) is 0 Å². The van der Waals surface area contributed by atoms with E-state index in [-0.39, 0.29) is 0 Å². The van der Waals surface area contributed by atoms with Crippen molar-refractivity contribution < 1.29 is 4.42 Å². The van der Waals surface area contributed by atoms with Gasteiger partial charge in [0.25, 0.3) is 0 Å². The zero-order valence-electron chi connectivity index (χ0n) is 23.4. The molecule has 1 heterocycles. The second-order valence-corrected chi connectivity index (χ2v) is 11.2. The minimum atomic E-state index is 0.917. The Morgan fingerprint density at radius 3 is 1.49 bits per heavy atom. The summed E-state index contributed by atoms with van der Waals surface area (Å²) >= 11 is 0. The molecule has 0 saturated carbocycles. The van der Waals surface area contributed by atoms with Crippen LogP contribution in [0, 0.1) is 0 Å². The highest BCUT2D eigenvalue weighted by atomic mass is 16.3. The molecule has 0 aliphatic carbocycles. The van der Waals surface area contributed by atoms with Crippen LogP contribution in [0.2, 0.25) is 0 Å². The summed E-state index contributed by atoms with van der Waals surface area (Å²) in [6, 6.07) is 56.8. The van der Waals surface area contributed by atoms with E-state index in [0.717, 1.165) is 21.9 Å². The topological polar surface area (TPSA) is 13.1 Å². The van der Waals surface area contributed by atoms with Crippen molar-refractivity contribution in [2.24, 2.45) is 0 Å². The van der Waals surface area contributed by atoms with E-state index in [9.17, 15) is 0 Å². The summed E-state index contributed by atoms with van der Waals surface area (Å²) < 4.78 is 6.18. The molecule has 9 aromatic rings. The Bertz CT molecular complexity index is 2440. The van der Waals surface area contributed by atoms with Crippen LogP contribution in [0.3, 0.4) is 0 Å². The maximum absolute atomic E-state index is 6.18. The Morgan fingerprint density at radius 1 is 0.279 bits per heavy atom. The second-order valence-electron chi connectivity index (χ2n) is 11.2. The molecule has 0 aliphatic rings. The molecule has 0 spiro atoms. The predicted octanol–water partition coefficient (Wildman–Crippen LogP) is 12.0. The lowest BCUT2D eigenvalue weighted by atomic mass is 9.84. The molecule has 0 saturated heterocycles. The summed E-state index contributed by atoms with van der Waals surface area (Å²) in [6.45, 7) is 0. The zero-order valence-corrected chi connectivity index (χ0v) is 23.4. The van der Waals surface area contributed by atoms with Gasteiger partial charge in [-0.25, -0.2) is 0 Å². The van der Waals surface area contributed by atoms with Crippen molar-refractivity contribution in [3.63, 3.8) is 0 Å². The quantitative estimate of drug-likeness (QED) is 0.201. The maximum Gasteiger partial charge on any atom is 0.135 e. The number of hydrogen-bond donors (Lipinski definition) is 0. The van der Waals surface area contributed by atoms with Gasteiger partial charge in [0.1, 0.15) is 11.2 Å². The van der Waals surface area contributed by atoms with Crippen LogP contribution in [0.5, 0.6) is 0 Å². The monoisotopic (exact) mass is 546 g/mol. The molecule has 0 fully saturated rings. The molecule has 200 valence electrons. The molecule has 1 heteroatoms. The van der Waals surface area contributed by atoms with Gasteiger partial charge in [-0.2, -0.15) is 0 Å². The molecule has 0 N–H and O–H groups in total. The fourth-order valence-electron chi connectivity index (χ4n) is 7.01. The van der Waals surface area contributed by atoms with Crippen LogP contribution in [0.4, 0.5) is 0 Å². The molecule has 0 atom stereocenters. The highest BCUT2D eigenvalue weighted by Crippen LogP contribution is 2.46. The third-order valence-electron chi connectivity index (χ3n) is 8.87. The molecular formula is C42H26O. The molecule has 9 rings (SSSR count). The van der Waals surface area contributed by atoms with E-state index < -0.39 is 0 Å². The number of fused-ring (bicyclic) bond motifs is 6. The Hall–Kier alpha value is -5.66. The number of rotatable bonds is 3. The summed E-state index contributed by atoms with van der Waals surface area (Å²) in [5.74, 6) is 0. The van der Waals surface area contributed by atoms with Gasteiger partial charge in [0.2, 0.25) is 0 Å². The average Bonchev–Trinajstić information content (AvgIpc) is 3.45. The number of furan rings is 1. The molecule has 0 aliphatic heterocycles. The van der Waals surface area contributed by atoms with Crippen LogP contribution in [0.15, 0.2) is 162 Å². The highest BCUT2D eigenvalue weighted by molar-refractivity contribution is 6.24. The van der Waals surface area contributed by atoms with Crippen molar-refractivity contribution in [1.82, 2.24) is 0 Å². The summed E-state index contributed by atoms with van der Waals surface area (Å²) in [4.78, 5) is 0. The van der Waals surface area contributed by atoms with Crippen molar-refractivity contribution in [3.8, 4) is 33.4 Å². The molecule has 0 amide bonds. The lowest BCUT2D eigenvalue weighted by Gasteiger charge is -2.19. The SMILES string of the molecule is c1ccc(-c2cccc3c(-c4c5ccccc5c(-c5ccc6oc7ccccc7c6c5)c5ccccc45)cccc23)cc1. The lowest BCUT2D eigenvalue weighted by Crippen LogP contribution is -1.92. The Balaban J connectivity index is 1.37.